The Balaban J connectivity index is 2.13. The number of azo groups is 1. The van der Waals surface area contributed by atoms with Gasteiger partial charge >= 0.3 is 0 Å². The minimum absolute atomic E-state index is 0.0198. The Bertz CT molecular complexity index is 900. The van der Waals surface area contributed by atoms with E-state index in [2.05, 4.69) is 10.2 Å². The fraction of sp³-hybridized carbons (Fsp3) is 0.176. The van der Waals surface area contributed by atoms with E-state index in [1.54, 1.807) is 4.57 Å². The number of hydrogen-bond acceptors (Lipinski definition) is 3. The van der Waals surface area contributed by atoms with Crippen molar-refractivity contribution in [3.8, 4) is 5.88 Å². The first-order chi connectivity index (χ1) is 11.0. The lowest BCUT2D eigenvalue weighted by Crippen LogP contribution is -1.98. The summed E-state index contributed by atoms with van der Waals surface area (Å²) in [6.07, 6.45) is 0. The molecule has 0 atom stereocenters. The van der Waals surface area contributed by atoms with Gasteiger partial charge in [-0.05, 0) is 32.0 Å². The molecule has 0 amide bonds. The molecule has 0 bridgehead atoms. The molecule has 0 aliphatic carbocycles. The lowest BCUT2D eigenvalue weighted by atomic mass is 10.2. The maximum Gasteiger partial charge on any atom is 0.221 e. The lowest BCUT2D eigenvalue weighted by molar-refractivity contribution is 0.407. The van der Waals surface area contributed by atoms with Gasteiger partial charge < -0.3 is 9.67 Å². The van der Waals surface area contributed by atoms with Crippen molar-refractivity contribution < 1.29 is 13.9 Å². The van der Waals surface area contributed by atoms with Crippen molar-refractivity contribution in [1.29, 1.82) is 0 Å². The van der Waals surface area contributed by atoms with Gasteiger partial charge in [0.05, 0.1) is 5.52 Å². The molecule has 3 rings (SSSR count). The molecule has 3 aromatic rings. The van der Waals surface area contributed by atoms with Gasteiger partial charge in [-0.1, -0.05) is 18.2 Å². The van der Waals surface area contributed by atoms with Crippen molar-refractivity contribution >= 4 is 22.3 Å². The summed E-state index contributed by atoms with van der Waals surface area (Å²) in [4.78, 5) is 0. The summed E-state index contributed by atoms with van der Waals surface area (Å²) in [6.45, 7) is 3.87. The van der Waals surface area contributed by atoms with E-state index < -0.39 is 11.6 Å². The number of aromatic nitrogens is 1. The lowest BCUT2D eigenvalue weighted by Gasteiger charge is -2.10. The van der Waals surface area contributed by atoms with Crippen LogP contribution in [-0.4, -0.2) is 9.67 Å². The highest BCUT2D eigenvalue weighted by Gasteiger charge is 2.18. The van der Waals surface area contributed by atoms with Crippen LogP contribution in [0.2, 0.25) is 0 Å². The van der Waals surface area contributed by atoms with Crippen LogP contribution < -0.4 is 0 Å². The van der Waals surface area contributed by atoms with Crippen LogP contribution in [0.15, 0.2) is 52.7 Å². The van der Waals surface area contributed by atoms with E-state index in [4.69, 9.17) is 0 Å². The summed E-state index contributed by atoms with van der Waals surface area (Å²) in [5.41, 5.74) is 0.985. The van der Waals surface area contributed by atoms with Gasteiger partial charge in [0, 0.05) is 17.5 Å². The Kier molecular flexibility index (Phi) is 3.82. The van der Waals surface area contributed by atoms with Gasteiger partial charge in [-0.15, -0.1) is 10.2 Å². The van der Waals surface area contributed by atoms with Crippen LogP contribution in [-0.2, 0) is 0 Å². The highest BCUT2D eigenvalue weighted by atomic mass is 19.1. The molecule has 4 nitrogen and oxygen atoms in total. The number of fused-ring (bicyclic) bond motifs is 1. The van der Waals surface area contributed by atoms with Crippen LogP contribution in [0.5, 0.6) is 5.88 Å². The van der Waals surface area contributed by atoms with Crippen molar-refractivity contribution in [2.24, 2.45) is 10.2 Å². The molecule has 0 aliphatic rings. The molecule has 1 N–H and O–H groups in total. The number of aromatic hydroxyl groups is 1. The third-order valence-corrected chi connectivity index (χ3v) is 3.54. The van der Waals surface area contributed by atoms with Gasteiger partial charge in [-0.3, -0.25) is 0 Å². The average molecular weight is 315 g/mol. The molecular formula is C17H15F2N3O. The van der Waals surface area contributed by atoms with Gasteiger partial charge in [0.1, 0.15) is 11.5 Å². The fourth-order valence-electron chi connectivity index (χ4n) is 2.52. The van der Waals surface area contributed by atoms with Crippen LogP contribution in [0.4, 0.5) is 20.2 Å². The molecule has 23 heavy (non-hydrogen) atoms. The molecule has 0 saturated carbocycles. The maximum absolute atomic E-state index is 13.6. The first-order valence-electron chi connectivity index (χ1n) is 7.17. The van der Waals surface area contributed by atoms with E-state index in [0.29, 0.717) is 5.39 Å². The summed E-state index contributed by atoms with van der Waals surface area (Å²) in [5, 5.41) is 18.9. The Labute approximate surface area is 131 Å². The van der Waals surface area contributed by atoms with E-state index in [1.807, 2.05) is 38.1 Å². The summed E-state index contributed by atoms with van der Waals surface area (Å²) < 4.78 is 28.3. The smallest absolute Gasteiger partial charge is 0.221 e. The van der Waals surface area contributed by atoms with Crippen LogP contribution in [0, 0.1) is 11.6 Å². The minimum Gasteiger partial charge on any atom is -0.493 e. The highest BCUT2D eigenvalue weighted by molar-refractivity contribution is 5.95. The predicted octanol–water partition coefficient (Wildman–Crippen LogP) is 5.62. The van der Waals surface area contributed by atoms with Crippen LogP contribution in [0.3, 0.4) is 0 Å². The number of para-hydroxylation sites is 1. The number of benzene rings is 2. The third-order valence-electron chi connectivity index (χ3n) is 3.54. The molecule has 0 fully saturated rings. The van der Waals surface area contributed by atoms with E-state index in [-0.39, 0.29) is 23.3 Å². The van der Waals surface area contributed by atoms with Crippen LogP contribution in [0.25, 0.3) is 10.9 Å². The molecule has 0 radical (unpaired) electrons. The average Bonchev–Trinajstić information content (AvgIpc) is 2.78. The molecule has 0 unspecified atom stereocenters. The van der Waals surface area contributed by atoms with Crippen LogP contribution >= 0.6 is 0 Å². The maximum atomic E-state index is 13.6. The van der Waals surface area contributed by atoms with Crippen molar-refractivity contribution in [2.45, 2.75) is 19.9 Å². The van der Waals surface area contributed by atoms with Gasteiger partial charge in [0.25, 0.3) is 0 Å². The largest absolute Gasteiger partial charge is 0.493 e. The number of rotatable bonds is 3. The molecule has 0 aliphatic heterocycles. The number of nitrogens with zero attached hydrogens (tertiary/aromatic N) is 3. The normalized spacial score (nSPS) is 11.9. The second kappa shape index (κ2) is 5.79. The number of hydrogen-bond donors (Lipinski definition) is 1. The summed E-state index contributed by atoms with van der Waals surface area (Å²) in [7, 11) is 0. The molecule has 0 spiro atoms. The molecule has 6 heteroatoms. The molecule has 0 saturated heterocycles. The fourth-order valence-corrected chi connectivity index (χ4v) is 2.52. The zero-order chi connectivity index (χ0) is 16.6. The van der Waals surface area contributed by atoms with Gasteiger partial charge in [0.15, 0.2) is 11.5 Å². The Morgan fingerprint density at radius 2 is 1.78 bits per heavy atom. The zero-order valence-corrected chi connectivity index (χ0v) is 12.7. The second-order valence-electron chi connectivity index (χ2n) is 5.45. The van der Waals surface area contributed by atoms with Crippen molar-refractivity contribution in [1.82, 2.24) is 4.57 Å². The molecule has 118 valence electrons. The second-order valence-corrected chi connectivity index (χ2v) is 5.45. The van der Waals surface area contributed by atoms with Gasteiger partial charge in [-0.2, -0.15) is 0 Å². The Morgan fingerprint density at radius 1 is 1.04 bits per heavy atom. The van der Waals surface area contributed by atoms with Crippen LogP contribution in [0.1, 0.15) is 19.9 Å². The molecule has 2 aromatic carbocycles. The molecule has 1 heterocycles. The highest BCUT2D eigenvalue weighted by Crippen LogP contribution is 2.41. The summed E-state index contributed by atoms with van der Waals surface area (Å²) in [6, 6.07) is 10.4. The summed E-state index contributed by atoms with van der Waals surface area (Å²) >= 11 is 0. The van der Waals surface area contributed by atoms with Crippen molar-refractivity contribution in [3.05, 3.63) is 54.1 Å². The van der Waals surface area contributed by atoms with Gasteiger partial charge in [0.2, 0.25) is 5.88 Å². The predicted molar refractivity (Wildman–Crippen MR) is 84.5 cm³/mol. The SMILES string of the molecule is CC(C)n1c(O)c(N=Nc2ccc(F)cc2F)c2ccccc21. The molecular weight excluding hydrogens is 300 g/mol. The first-order valence-corrected chi connectivity index (χ1v) is 7.17. The topological polar surface area (TPSA) is 49.9 Å². The summed E-state index contributed by atoms with van der Waals surface area (Å²) in [5.74, 6) is -1.52. The number of halogens is 2. The Morgan fingerprint density at radius 3 is 2.48 bits per heavy atom. The van der Waals surface area contributed by atoms with E-state index in [9.17, 15) is 13.9 Å². The monoisotopic (exact) mass is 315 g/mol. The van der Waals surface area contributed by atoms with E-state index in [1.165, 1.54) is 6.07 Å². The van der Waals surface area contributed by atoms with Gasteiger partial charge in [-0.25, -0.2) is 8.78 Å². The van der Waals surface area contributed by atoms with E-state index in [0.717, 1.165) is 17.6 Å². The quantitative estimate of drug-likeness (QED) is 0.626. The zero-order valence-electron chi connectivity index (χ0n) is 12.7. The minimum atomic E-state index is -0.805. The van der Waals surface area contributed by atoms with Crippen molar-refractivity contribution in [3.63, 3.8) is 0 Å². The van der Waals surface area contributed by atoms with Crippen molar-refractivity contribution in [2.75, 3.05) is 0 Å². The molecule has 1 aromatic heterocycles. The third kappa shape index (κ3) is 2.67. The Hall–Kier alpha value is -2.76. The van der Waals surface area contributed by atoms with E-state index >= 15 is 0 Å². The first kappa shape index (κ1) is 15.1. The standard InChI is InChI=1S/C17H15F2N3O/c1-10(2)22-15-6-4-3-5-12(15)16(17(22)23)21-20-14-8-7-11(18)9-13(14)19/h3-10,23H,1-2H3.